The molecule has 7 heteroatoms. The molecule has 1 aromatic heterocycles. The normalized spacial score (nSPS) is 21.8. The first kappa shape index (κ1) is 15.7. The zero-order valence-electron chi connectivity index (χ0n) is 13.4. The van der Waals surface area contributed by atoms with Crippen LogP contribution >= 0.6 is 0 Å². The largest absolute Gasteiger partial charge is 0.378 e. The lowest BCUT2D eigenvalue weighted by Gasteiger charge is -2.26. The maximum absolute atomic E-state index is 12.6. The van der Waals surface area contributed by atoms with Gasteiger partial charge in [-0.2, -0.15) is 0 Å². The minimum Gasteiger partial charge on any atom is -0.378 e. The summed E-state index contributed by atoms with van der Waals surface area (Å²) in [4.78, 5) is 35.8. The second-order valence-corrected chi connectivity index (χ2v) is 5.99. The highest BCUT2D eigenvalue weighted by Gasteiger charge is 2.33. The van der Waals surface area contributed by atoms with Gasteiger partial charge in [-0.1, -0.05) is 6.08 Å². The van der Waals surface area contributed by atoms with E-state index in [-0.39, 0.29) is 17.7 Å². The third-order valence-electron chi connectivity index (χ3n) is 4.35. The van der Waals surface area contributed by atoms with Gasteiger partial charge < -0.3 is 19.5 Å². The van der Waals surface area contributed by atoms with Crippen molar-refractivity contribution in [2.75, 3.05) is 39.4 Å². The SMILES string of the molecule is C=CCN1CC(c2nc(C(=O)N3CCOCC3)c(C)[nH]2)CC1=O. The van der Waals surface area contributed by atoms with Crippen molar-refractivity contribution < 1.29 is 14.3 Å². The van der Waals surface area contributed by atoms with Crippen molar-refractivity contribution in [1.82, 2.24) is 19.8 Å². The van der Waals surface area contributed by atoms with Crippen molar-refractivity contribution >= 4 is 11.8 Å². The Hall–Kier alpha value is -2.15. The molecular weight excluding hydrogens is 296 g/mol. The molecular formula is C16H22N4O3. The van der Waals surface area contributed by atoms with Gasteiger partial charge in [0, 0.05) is 44.2 Å². The third-order valence-corrected chi connectivity index (χ3v) is 4.35. The van der Waals surface area contributed by atoms with Crippen LogP contribution in [0.4, 0.5) is 0 Å². The Balaban J connectivity index is 1.74. The Bertz CT molecular complexity index is 619. The topological polar surface area (TPSA) is 78.5 Å². The Morgan fingerprint density at radius 3 is 2.91 bits per heavy atom. The number of amides is 2. The van der Waals surface area contributed by atoms with Crippen LogP contribution in [0.2, 0.25) is 0 Å². The number of aryl methyl sites for hydroxylation is 1. The summed E-state index contributed by atoms with van der Waals surface area (Å²) in [6.45, 7) is 9.00. The van der Waals surface area contributed by atoms with E-state index in [9.17, 15) is 9.59 Å². The molecule has 0 saturated carbocycles. The summed E-state index contributed by atoms with van der Waals surface area (Å²) in [5.41, 5.74) is 1.21. The van der Waals surface area contributed by atoms with E-state index in [0.717, 1.165) is 11.5 Å². The number of hydrogen-bond donors (Lipinski definition) is 1. The van der Waals surface area contributed by atoms with E-state index in [2.05, 4.69) is 16.5 Å². The van der Waals surface area contributed by atoms with E-state index >= 15 is 0 Å². The van der Waals surface area contributed by atoms with Gasteiger partial charge in [-0.25, -0.2) is 4.98 Å². The lowest BCUT2D eigenvalue weighted by Crippen LogP contribution is -2.41. The number of likely N-dealkylation sites (tertiary alicyclic amines) is 1. The molecule has 1 aromatic rings. The highest BCUT2D eigenvalue weighted by atomic mass is 16.5. The quantitative estimate of drug-likeness (QED) is 0.829. The van der Waals surface area contributed by atoms with Gasteiger partial charge in [0.2, 0.25) is 5.91 Å². The molecule has 124 valence electrons. The third kappa shape index (κ3) is 3.14. The number of imidazole rings is 1. The summed E-state index contributed by atoms with van der Waals surface area (Å²) in [6.07, 6.45) is 2.15. The molecule has 2 aliphatic heterocycles. The number of aromatic nitrogens is 2. The van der Waals surface area contributed by atoms with Crippen molar-refractivity contribution in [1.29, 1.82) is 0 Å². The molecule has 23 heavy (non-hydrogen) atoms. The number of H-pyrrole nitrogens is 1. The Morgan fingerprint density at radius 2 is 2.22 bits per heavy atom. The van der Waals surface area contributed by atoms with Crippen LogP contribution in [-0.2, 0) is 9.53 Å². The van der Waals surface area contributed by atoms with Crippen LogP contribution in [0.25, 0.3) is 0 Å². The zero-order valence-corrected chi connectivity index (χ0v) is 13.4. The van der Waals surface area contributed by atoms with Crippen LogP contribution in [0, 0.1) is 6.92 Å². The van der Waals surface area contributed by atoms with Crippen LogP contribution in [0.5, 0.6) is 0 Å². The lowest BCUT2D eigenvalue weighted by atomic mass is 10.1. The Kier molecular flexibility index (Phi) is 4.47. The van der Waals surface area contributed by atoms with Crippen LogP contribution in [0.15, 0.2) is 12.7 Å². The number of nitrogens with one attached hydrogen (secondary N) is 1. The summed E-state index contributed by atoms with van der Waals surface area (Å²) in [5.74, 6) is 0.761. The van der Waals surface area contributed by atoms with Crippen LogP contribution in [0.3, 0.4) is 0 Å². The molecule has 3 heterocycles. The number of nitrogens with zero attached hydrogens (tertiary/aromatic N) is 3. The molecule has 1 unspecified atom stereocenters. The van der Waals surface area contributed by atoms with E-state index in [1.54, 1.807) is 15.9 Å². The molecule has 1 N–H and O–H groups in total. The van der Waals surface area contributed by atoms with Crippen molar-refractivity contribution in [3.8, 4) is 0 Å². The zero-order chi connectivity index (χ0) is 16.4. The van der Waals surface area contributed by atoms with E-state index in [0.29, 0.717) is 51.5 Å². The molecule has 2 aliphatic rings. The smallest absolute Gasteiger partial charge is 0.274 e. The maximum Gasteiger partial charge on any atom is 0.274 e. The monoisotopic (exact) mass is 318 g/mol. The van der Waals surface area contributed by atoms with E-state index < -0.39 is 0 Å². The summed E-state index contributed by atoms with van der Waals surface area (Å²) in [6, 6.07) is 0. The number of rotatable bonds is 4. The molecule has 1 atom stereocenters. The van der Waals surface area contributed by atoms with Crippen LogP contribution in [-0.4, -0.2) is 71.0 Å². The van der Waals surface area contributed by atoms with Gasteiger partial charge in [-0.05, 0) is 6.92 Å². The summed E-state index contributed by atoms with van der Waals surface area (Å²) in [7, 11) is 0. The summed E-state index contributed by atoms with van der Waals surface area (Å²) < 4.78 is 5.28. The van der Waals surface area contributed by atoms with Gasteiger partial charge in [-0.15, -0.1) is 6.58 Å². The van der Waals surface area contributed by atoms with Crippen LogP contribution < -0.4 is 0 Å². The summed E-state index contributed by atoms with van der Waals surface area (Å²) in [5, 5.41) is 0. The average Bonchev–Trinajstić information content (AvgIpc) is 3.11. The molecule has 7 nitrogen and oxygen atoms in total. The fourth-order valence-corrected chi connectivity index (χ4v) is 3.09. The number of ether oxygens (including phenoxy) is 1. The van der Waals surface area contributed by atoms with Crippen molar-refractivity contribution in [2.45, 2.75) is 19.3 Å². The van der Waals surface area contributed by atoms with Gasteiger partial charge in [0.05, 0.1) is 13.2 Å². The maximum atomic E-state index is 12.6. The van der Waals surface area contributed by atoms with E-state index in [4.69, 9.17) is 4.74 Å². The standard InChI is InChI=1S/C16H22N4O3/c1-3-4-20-10-12(9-13(20)21)15-17-11(2)14(18-15)16(22)19-5-7-23-8-6-19/h3,12H,1,4-10H2,2H3,(H,17,18). The van der Waals surface area contributed by atoms with Gasteiger partial charge in [0.25, 0.3) is 5.91 Å². The molecule has 2 fully saturated rings. The second kappa shape index (κ2) is 6.54. The first-order chi connectivity index (χ1) is 11.1. The van der Waals surface area contributed by atoms with E-state index in [1.807, 2.05) is 6.92 Å². The first-order valence-electron chi connectivity index (χ1n) is 7.92. The number of hydrogen-bond acceptors (Lipinski definition) is 4. The molecule has 2 amide bonds. The minimum atomic E-state index is -0.0689. The van der Waals surface area contributed by atoms with Crippen LogP contribution in [0.1, 0.15) is 34.3 Å². The highest BCUT2D eigenvalue weighted by molar-refractivity contribution is 5.93. The fraction of sp³-hybridized carbons (Fsp3) is 0.562. The molecule has 0 radical (unpaired) electrons. The fourth-order valence-electron chi connectivity index (χ4n) is 3.09. The molecule has 2 saturated heterocycles. The summed E-state index contributed by atoms with van der Waals surface area (Å²) >= 11 is 0. The highest BCUT2D eigenvalue weighted by Crippen LogP contribution is 2.27. The molecule has 0 bridgehead atoms. The van der Waals surface area contributed by atoms with Gasteiger partial charge in [0.15, 0.2) is 0 Å². The minimum absolute atomic E-state index is 0.00684. The number of carbonyl (C=O) groups excluding carboxylic acids is 2. The molecule has 0 spiro atoms. The molecule has 0 aliphatic carbocycles. The van der Waals surface area contributed by atoms with Crippen molar-refractivity contribution in [2.24, 2.45) is 0 Å². The Morgan fingerprint density at radius 1 is 1.48 bits per heavy atom. The molecule has 0 aromatic carbocycles. The van der Waals surface area contributed by atoms with Crippen molar-refractivity contribution in [3.05, 3.63) is 29.9 Å². The van der Waals surface area contributed by atoms with Gasteiger partial charge >= 0.3 is 0 Å². The predicted octanol–water partition coefficient (Wildman–Crippen LogP) is 0.692. The lowest BCUT2D eigenvalue weighted by molar-refractivity contribution is -0.127. The van der Waals surface area contributed by atoms with Gasteiger partial charge in [0.1, 0.15) is 11.5 Å². The number of morpholine rings is 1. The number of carbonyl (C=O) groups is 2. The Labute approximate surface area is 135 Å². The first-order valence-corrected chi connectivity index (χ1v) is 7.92. The molecule has 3 rings (SSSR count). The van der Waals surface area contributed by atoms with E-state index in [1.165, 1.54) is 0 Å². The predicted molar refractivity (Wildman–Crippen MR) is 84.2 cm³/mol. The second-order valence-electron chi connectivity index (χ2n) is 5.99. The van der Waals surface area contributed by atoms with Gasteiger partial charge in [-0.3, -0.25) is 9.59 Å². The number of aromatic amines is 1. The average molecular weight is 318 g/mol. The van der Waals surface area contributed by atoms with Crippen molar-refractivity contribution in [3.63, 3.8) is 0 Å².